The molecular weight excluding hydrogens is 562 g/mol. The lowest BCUT2D eigenvalue weighted by molar-refractivity contribution is 0.0513. The molecule has 0 bridgehead atoms. The number of hydrogen-bond acceptors (Lipinski definition) is 5. The lowest BCUT2D eigenvalue weighted by Gasteiger charge is -2.15. The van der Waals surface area contributed by atoms with Crippen LogP contribution < -0.4 is 4.74 Å². The summed E-state index contributed by atoms with van der Waals surface area (Å²) in [5.74, 6) is 0.529. The standard InChI is InChI=1S/C38H43N3O4/c1-7-22-41-36-30(21-20-26(5)34(36)35-31(25-43-23-8-2)39-40(6)32(35)9-3)29(37(41)38(42)44-10-4)18-14-24-45-33-19-13-16-27-15-11-12-17-28(27)33/h7-8,11-13,15-17,19-21H,1-2,9-10,14,18,22-25H2,3-6H3. The molecule has 7 heteroatoms. The second kappa shape index (κ2) is 14.4. The van der Waals surface area contributed by atoms with E-state index in [-0.39, 0.29) is 12.6 Å². The van der Waals surface area contributed by atoms with Gasteiger partial charge in [0.05, 0.1) is 37.6 Å². The summed E-state index contributed by atoms with van der Waals surface area (Å²) in [6, 6.07) is 18.6. The highest BCUT2D eigenvalue weighted by molar-refractivity contribution is 6.05. The molecule has 0 saturated heterocycles. The minimum absolute atomic E-state index is 0.289. The Hall–Kier alpha value is -4.62. The van der Waals surface area contributed by atoms with E-state index in [1.54, 1.807) is 6.08 Å². The van der Waals surface area contributed by atoms with Gasteiger partial charge in [-0.1, -0.05) is 67.6 Å². The van der Waals surface area contributed by atoms with Gasteiger partial charge in [-0.25, -0.2) is 4.79 Å². The van der Waals surface area contributed by atoms with Crippen molar-refractivity contribution < 1.29 is 19.0 Å². The second-order valence-corrected chi connectivity index (χ2v) is 11.1. The van der Waals surface area contributed by atoms with Gasteiger partial charge >= 0.3 is 5.97 Å². The summed E-state index contributed by atoms with van der Waals surface area (Å²) in [4.78, 5) is 13.7. The number of nitrogens with zero attached hydrogens (tertiary/aromatic N) is 3. The number of esters is 1. The Labute approximate surface area is 265 Å². The van der Waals surface area contributed by atoms with Crippen LogP contribution in [0.2, 0.25) is 0 Å². The summed E-state index contributed by atoms with van der Waals surface area (Å²) < 4.78 is 21.9. The molecule has 0 unspecified atom stereocenters. The van der Waals surface area contributed by atoms with E-state index in [2.05, 4.69) is 61.9 Å². The third-order valence-electron chi connectivity index (χ3n) is 8.19. The lowest BCUT2D eigenvalue weighted by atomic mass is 9.93. The topological polar surface area (TPSA) is 67.5 Å². The maximum atomic E-state index is 13.7. The van der Waals surface area contributed by atoms with Crippen LogP contribution in [0.25, 0.3) is 32.8 Å². The van der Waals surface area contributed by atoms with Gasteiger partial charge in [0, 0.05) is 41.2 Å². The average molecular weight is 606 g/mol. The first-order valence-electron chi connectivity index (χ1n) is 15.7. The average Bonchev–Trinajstić information content (AvgIpc) is 3.52. The Morgan fingerprint density at radius 2 is 1.78 bits per heavy atom. The van der Waals surface area contributed by atoms with Crippen LogP contribution in [0.4, 0.5) is 0 Å². The van der Waals surface area contributed by atoms with Gasteiger partial charge in [-0.05, 0) is 55.7 Å². The van der Waals surface area contributed by atoms with Gasteiger partial charge in [-0.2, -0.15) is 5.10 Å². The van der Waals surface area contributed by atoms with Crippen LogP contribution >= 0.6 is 0 Å². The number of hydrogen-bond donors (Lipinski definition) is 0. The first-order chi connectivity index (χ1) is 21.9. The summed E-state index contributed by atoms with van der Waals surface area (Å²) >= 11 is 0. The summed E-state index contributed by atoms with van der Waals surface area (Å²) in [7, 11) is 1.98. The van der Waals surface area contributed by atoms with Gasteiger partial charge in [0.25, 0.3) is 0 Å². The van der Waals surface area contributed by atoms with Crippen molar-refractivity contribution in [3.8, 4) is 16.9 Å². The van der Waals surface area contributed by atoms with Gasteiger partial charge < -0.3 is 18.8 Å². The fourth-order valence-electron chi connectivity index (χ4n) is 6.34. The van der Waals surface area contributed by atoms with Crippen LogP contribution in [0, 0.1) is 6.92 Å². The van der Waals surface area contributed by atoms with Crippen molar-refractivity contribution in [3.63, 3.8) is 0 Å². The number of benzene rings is 3. The van der Waals surface area contributed by atoms with E-state index in [9.17, 15) is 4.79 Å². The van der Waals surface area contributed by atoms with Crippen molar-refractivity contribution in [2.75, 3.05) is 19.8 Å². The fraction of sp³-hybridized carbons (Fsp3) is 0.316. The number of allylic oxidation sites excluding steroid dienone is 1. The van der Waals surface area contributed by atoms with Gasteiger partial charge in [-0.3, -0.25) is 4.68 Å². The van der Waals surface area contributed by atoms with Gasteiger partial charge in [-0.15, -0.1) is 13.2 Å². The normalized spacial score (nSPS) is 11.3. The van der Waals surface area contributed by atoms with Crippen LogP contribution in [-0.4, -0.2) is 40.1 Å². The minimum Gasteiger partial charge on any atom is -0.493 e. The van der Waals surface area contributed by atoms with E-state index in [0.717, 1.165) is 73.9 Å². The Kier molecular flexibility index (Phi) is 10.2. The zero-order valence-corrected chi connectivity index (χ0v) is 26.9. The van der Waals surface area contributed by atoms with Crippen LogP contribution in [0.1, 0.15) is 53.3 Å². The zero-order chi connectivity index (χ0) is 31.9. The second-order valence-electron chi connectivity index (χ2n) is 11.1. The number of aromatic nitrogens is 3. The van der Waals surface area contributed by atoms with Crippen molar-refractivity contribution in [3.05, 3.63) is 108 Å². The summed E-state index contributed by atoms with van der Waals surface area (Å²) in [6.45, 7) is 16.0. The van der Waals surface area contributed by atoms with Gasteiger partial charge in [0.1, 0.15) is 11.4 Å². The fourth-order valence-corrected chi connectivity index (χ4v) is 6.34. The molecule has 5 rings (SSSR count). The van der Waals surface area contributed by atoms with Crippen LogP contribution in [0.15, 0.2) is 79.9 Å². The molecule has 45 heavy (non-hydrogen) atoms. The Bertz CT molecular complexity index is 1840. The van der Waals surface area contributed by atoms with Gasteiger partial charge in [0.2, 0.25) is 0 Å². The smallest absolute Gasteiger partial charge is 0.355 e. The number of rotatable bonds is 15. The quantitative estimate of drug-likeness (QED) is 0.0685. The molecule has 3 aromatic carbocycles. The van der Waals surface area contributed by atoms with E-state index < -0.39 is 0 Å². The van der Waals surface area contributed by atoms with E-state index in [4.69, 9.17) is 19.3 Å². The maximum Gasteiger partial charge on any atom is 0.355 e. The maximum absolute atomic E-state index is 13.7. The molecule has 5 aromatic rings. The van der Waals surface area contributed by atoms with Crippen molar-refractivity contribution in [1.82, 2.24) is 14.3 Å². The molecular formula is C38H43N3O4. The van der Waals surface area contributed by atoms with Crippen molar-refractivity contribution in [1.29, 1.82) is 0 Å². The predicted octanol–water partition coefficient (Wildman–Crippen LogP) is 8.14. The minimum atomic E-state index is -0.333. The highest BCUT2D eigenvalue weighted by Gasteiger charge is 2.28. The van der Waals surface area contributed by atoms with Crippen LogP contribution in [-0.2, 0) is 42.5 Å². The van der Waals surface area contributed by atoms with Crippen LogP contribution in [0.3, 0.4) is 0 Å². The number of carbonyl (C=O) groups excluding carboxylic acids is 1. The molecule has 0 saturated carbocycles. The number of aryl methyl sites for hydroxylation is 3. The Morgan fingerprint density at radius 3 is 2.53 bits per heavy atom. The molecule has 0 aliphatic rings. The SMILES string of the molecule is C=CCOCc1nn(C)c(CC)c1-c1c(C)ccc2c(CCCOc3cccc4ccccc34)c(C(=O)OCC)n(CC=C)c12. The lowest BCUT2D eigenvalue weighted by Crippen LogP contribution is -2.14. The molecule has 7 nitrogen and oxygen atoms in total. The molecule has 0 N–H and O–H groups in total. The zero-order valence-electron chi connectivity index (χ0n) is 26.9. The number of fused-ring (bicyclic) bond motifs is 2. The molecule has 0 aliphatic heterocycles. The third-order valence-corrected chi connectivity index (χ3v) is 8.19. The first-order valence-corrected chi connectivity index (χ1v) is 15.7. The Balaban J connectivity index is 1.62. The summed E-state index contributed by atoms with van der Waals surface area (Å²) in [5.41, 5.74) is 7.68. The molecule has 0 atom stereocenters. The number of ether oxygens (including phenoxy) is 3. The molecule has 2 aromatic heterocycles. The van der Waals surface area contributed by atoms with E-state index >= 15 is 0 Å². The largest absolute Gasteiger partial charge is 0.493 e. The Morgan fingerprint density at radius 1 is 0.978 bits per heavy atom. The van der Waals surface area contributed by atoms with Crippen molar-refractivity contribution in [2.24, 2.45) is 7.05 Å². The highest BCUT2D eigenvalue weighted by Crippen LogP contribution is 2.41. The molecule has 234 valence electrons. The first kappa shape index (κ1) is 31.8. The highest BCUT2D eigenvalue weighted by atomic mass is 16.5. The van der Waals surface area contributed by atoms with Crippen molar-refractivity contribution >= 4 is 27.6 Å². The number of carbonyl (C=O) groups is 1. The van der Waals surface area contributed by atoms with E-state index in [0.29, 0.717) is 38.5 Å². The molecule has 0 spiro atoms. The molecule has 0 amide bonds. The van der Waals surface area contributed by atoms with Crippen molar-refractivity contribution in [2.45, 2.75) is 53.2 Å². The van der Waals surface area contributed by atoms with Gasteiger partial charge in [0.15, 0.2) is 0 Å². The summed E-state index contributed by atoms with van der Waals surface area (Å²) in [5, 5.41) is 8.13. The van der Waals surface area contributed by atoms with Crippen LogP contribution in [0.5, 0.6) is 5.75 Å². The van der Waals surface area contributed by atoms with E-state index in [1.165, 1.54) is 0 Å². The third kappa shape index (κ3) is 6.31. The predicted molar refractivity (Wildman–Crippen MR) is 182 cm³/mol. The molecule has 2 heterocycles. The summed E-state index contributed by atoms with van der Waals surface area (Å²) in [6.07, 6.45) is 5.73. The monoisotopic (exact) mass is 605 g/mol. The molecule has 0 fully saturated rings. The molecule has 0 aliphatic carbocycles. The molecule has 0 radical (unpaired) electrons. The van der Waals surface area contributed by atoms with E-state index in [1.807, 2.05) is 49.0 Å².